The topological polar surface area (TPSA) is 43.4 Å². The van der Waals surface area contributed by atoms with Gasteiger partial charge in [0.05, 0.1) is 12.5 Å². The van der Waals surface area contributed by atoms with Crippen LogP contribution in [0.1, 0.15) is 52.4 Å². The number of rotatable bonds is 6. The van der Waals surface area contributed by atoms with E-state index < -0.39 is 0 Å². The molecule has 0 spiro atoms. The molecular formula is C14H22O3. The second-order valence-electron chi connectivity index (χ2n) is 4.42. The Labute approximate surface area is 103 Å². The van der Waals surface area contributed by atoms with E-state index in [9.17, 15) is 9.59 Å². The quantitative estimate of drug-likeness (QED) is 0.406. The van der Waals surface area contributed by atoms with Crippen molar-refractivity contribution in [3.05, 3.63) is 11.6 Å². The summed E-state index contributed by atoms with van der Waals surface area (Å²) >= 11 is 0. The van der Waals surface area contributed by atoms with Gasteiger partial charge in [-0.2, -0.15) is 0 Å². The number of Topliss-reactive ketones (excluding diaryl/α,β-unsaturated/α-hetero) is 1. The van der Waals surface area contributed by atoms with Gasteiger partial charge in [-0.3, -0.25) is 9.59 Å². The molecule has 0 aromatic carbocycles. The van der Waals surface area contributed by atoms with Gasteiger partial charge in [0.1, 0.15) is 0 Å². The maximum absolute atomic E-state index is 11.7. The van der Waals surface area contributed by atoms with Crippen molar-refractivity contribution < 1.29 is 14.3 Å². The molecule has 1 aliphatic carbocycles. The fraction of sp³-hybridized carbons (Fsp3) is 0.714. The van der Waals surface area contributed by atoms with E-state index >= 15 is 0 Å². The number of hydrogen-bond donors (Lipinski definition) is 0. The van der Waals surface area contributed by atoms with E-state index in [1.165, 1.54) is 12.8 Å². The monoisotopic (exact) mass is 238 g/mol. The predicted molar refractivity (Wildman–Crippen MR) is 66.6 cm³/mol. The lowest BCUT2D eigenvalue weighted by atomic mass is 10.0. The van der Waals surface area contributed by atoms with Crippen molar-refractivity contribution in [3.63, 3.8) is 0 Å². The van der Waals surface area contributed by atoms with Gasteiger partial charge in [0.15, 0.2) is 5.78 Å². The second-order valence-corrected chi connectivity index (χ2v) is 4.42. The Hall–Kier alpha value is -1.12. The number of unbranched alkanes of at least 4 members (excludes halogenated alkanes) is 3. The van der Waals surface area contributed by atoms with Gasteiger partial charge in [-0.05, 0) is 26.2 Å². The van der Waals surface area contributed by atoms with E-state index in [2.05, 4.69) is 6.92 Å². The lowest BCUT2D eigenvalue weighted by molar-refractivity contribution is -0.146. The zero-order chi connectivity index (χ0) is 12.7. The smallest absolute Gasteiger partial charge is 0.313 e. The summed E-state index contributed by atoms with van der Waals surface area (Å²) in [5, 5.41) is 0. The third-order valence-corrected chi connectivity index (χ3v) is 3.10. The molecule has 3 nitrogen and oxygen atoms in total. The SMILES string of the molecule is CCCCC/C=C1\C(=O)CCC1C(=O)OCC. The molecule has 1 unspecified atom stereocenters. The highest BCUT2D eigenvalue weighted by Gasteiger charge is 2.34. The third-order valence-electron chi connectivity index (χ3n) is 3.10. The highest BCUT2D eigenvalue weighted by molar-refractivity contribution is 6.03. The van der Waals surface area contributed by atoms with Crippen LogP contribution in [0.3, 0.4) is 0 Å². The minimum absolute atomic E-state index is 0.125. The summed E-state index contributed by atoms with van der Waals surface area (Å²) in [7, 11) is 0. The summed E-state index contributed by atoms with van der Waals surface area (Å²) in [6, 6.07) is 0. The van der Waals surface area contributed by atoms with Crippen LogP contribution >= 0.6 is 0 Å². The molecule has 1 saturated carbocycles. The van der Waals surface area contributed by atoms with Crippen molar-refractivity contribution in [2.24, 2.45) is 5.92 Å². The zero-order valence-corrected chi connectivity index (χ0v) is 10.8. The maximum atomic E-state index is 11.7. The Balaban J connectivity index is 2.58. The van der Waals surface area contributed by atoms with Gasteiger partial charge >= 0.3 is 5.97 Å². The first-order valence-corrected chi connectivity index (χ1v) is 6.60. The van der Waals surface area contributed by atoms with E-state index in [4.69, 9.17) is 4.74 Å². The van der Waals surface area contributed by atoms with Crippen LogP contribution in [0.4, 0.5) is 0 Å². The van der Waals surface area contributed by atoms with E-state index in [0.717, 1.165) is 12.8 Å². The van der Waals surface area contributed by atoms with Crippen LogP contribution in [-0.4, -0.2) is 18.4 Å². The number of carbonyl (C=O) groups excluding carboxylic acids is 2. The van der Waals surface area contributed by atoms with Gasteiger partial charge in [0, 0.05) is 12.0 Å². The Morgan fingerprint density at radius 2 is 2.18 bits per heavy atom. The van der Waals surface area contributed by atoms with Crippen molar-refractivity contribution in [1.29, 1.82) is 0 Å². The molecule has 0 aliphatic heterocycles. The van der Waals surface area contributed by atoms with Gasteiger partial charge < -0.3 is 4.74 Å². The van der Waals surface area contributed by atoms with Crippen molar-refractivity contribution in [2.45, 2.75) is 52.4 Å². The van der Waals surface area contributed by atoms with E-state index in [-0.39, 0.29) is 17.7 Å². The van der Waals surface area contributed by atoms with Gasteiger partial charge in [-0.25, -0.2) is 0 Å². The zero-order valence-electron chi connectivity index (χ0n) is 10.8. The molecule has 0 aromatic rings. The van der Waals surface area contributed by atoms with E-state index in [0.29, 0.717) is 25.0 Å². The number of esters is 1. The molecule has 1 aliphatic rings. The van der Waals surface area contributed by atoms with Crippen molar-refractivity contribution in [1.82, 2.24) is 0 Å². The van der Waals surface area contributed by atoms with Crippen LogP contribution in [0, 0.1) is 5.92 Å². The van der Waals surface area contributed by atoms with Crippen LogP contribution in [-0.2, 0) is 14.3 Å². The number of ketones is 1. The minimum atomic E-state index is -0.302. The first kappa shape index (κ1) is 13.9. The van der Waals surface area contributed by atoms with Crippen molar-refractivity contribution in [3.8, 4) is 0 Å². The molecule has 0 amide bonds. The first-order chi connectivity index (χ1) is 8.20. The number of allylic oxidation sites excluding steroid dienone is 1. The second kappa shape index (κ2) is 7.25. The van der Waals surface area contributed by atoms with Gasteiger partial charge in [-0.1, -0.05) is 25.8 Å². The largest absolute Gasteiger partial charge is 0.466 e. The molecule has 0 saturated heterocycles. The number of ether oxygens (including phenoxy) is 1. The van der Waals surface area contributed by atoms with Crippen LogP contribution in [0.25, 0.3) is 0 Å². The number of hydrogen-bond acceptors (Lipinski definition) is 3. The summed E-state index contributed by atoms with van der Waals surface area (Å²) in [5.41, 5.74) is 0.694. The van der Waals surface area contributed by atoms with Crippen LogP contribution in [0.2, 0.25) is 0 Å². The Bertz CT molecular complexity index is 305. The molecule has 0 bridgehead atoms. The summed E-state index contributed by atoms with van der Waals surface area (Å²) in [4.78, 5) is 23.4. The molecule has 0 N–H and O–H groups in total. The van der Waals surface area contributed by atoms with Crippen LogP contribution < -0.4 is 0 Å². The summed E-state index contributed by atoms with van der Waals surface area (Å²) in [6.07, 6.45) is 7.38. The molecular weight excluding hydrogens is 216 g/mol. The Kier molecular flexibility index (Phi) is 5.95. The first-order valence-electron chi connectivity index (χ1n) is 6.60. The molecule has 17 heavy (non-hydrogen) atoms. The lowest BCUT2D eigenvalue weighted by Crippen LogP contribution is -2.17. The van der Waals surface area contributed by atoms with E-state index in [1.54, 1.807) is 6.92 Å². The summed E-state index contributed by atoms with van der Waals surface area (Å²) in [5.74, 6) is -0.413. The predicted octanol–water partition coefficient (Wildman–Crippen LogP) is 3.04. The molecule has 1 fully saturated rings. The number of carbonyl (C=O) groups is 2. The minimum Gasteiger partial charge on any atom is -0.466 e. The average Bonchev–Trinajstić information content (AvgIpc) is 2.67. The summed E-state index contributed by atoms with van der Waals surface area (Å²) in [6.45, 7) is 4.32. The third kappa shape index (κ3) is 3.99. The summed E-state index contributed by atoms with van der Waals surface area (Å²) < 4.78 is 5.00. The fourth-order valence-corrected chi connectivity index (χ4v) is 2.17. The Morgan fingerprint density at radius 1 is 1.41 bits per heavy atom. The van der Waals surface area contributed by atoms with Gasteiger partial charge in [0.2, 0.25) is 0 Å². The van der Waals surface area contributed by atoms with Gasteiger partial charge in [0.25, 0.3) is 0 Å². The normalized spacial score (nSPS) is 22.1. The fourth-order valence-electron chi connectivity index (χ4n) is 2.17. The molecule has 0 aromatic heterocycles. The highest BCUT2D eigenvalue weighted by atomic mass is 16.5. The van der Waals surface area contributed by atoms with Crippen molar-refractivity contribution >= 4 is 11.8 Å². The Morgan fingerprint density at radius 3 is 2.82 bits per heavy atom. The highest BCUT2D eigenvalue weighted by Crippen LogP contribution is 2.29. The molecule has 0 radical (unpaired) electrons. The molecule has 0 heterocycles. The molecule has 1 rings (SSSR count). The van der Waals surface area contributed by atoms with Gasteiger partial charge in [-0.15, -0.1) is 0 Å². The van der Waals surface area contributed by atoms with E-state index in [1.807, 2.05) is 6.08 Å². The standard InChI is InChI=1S/C14H22O3/c1-3-5-6-7-8-11-12(9-10-13(11)15)14(16)17-4-2/h8,12H,3-7,9-10H2,1-2H3/b11-8-. The molecule has 3 heteroatoms. The van der Waals surface area contributed by atoms with Crippen LogP contribution in [0.5, 0.6) is 0 Å². The maximum Gasteiger partial charge on any atom is 0.313 e. The lowest BCUT2D eigenvalue weighted by Gasteiger charge is -2.09. The molecule has 1 atom stereocenters. The van der Waals surface area contributed by atoms with Crippen LogP contribution in [0.15, 0.2) is 11.6 Å². The molecule has 96 valence electrons. The average molecular weight is 238 g/mol. The van der Waals surface area contributed by atoms with Crippen molar-refractivity contribution in [2.75, 3.05) is 6.61 Å².